The first-order chi connectivity index (χ1) is 10.7. The van der Waals surface area contributed by atoms with Gasteiger partial charge in [0.25, 0.3) is 0 Å². The minimum absolute atomic E-state index is 0.114. The molecule has 0 atom stereocenters. The minimum atomic E-state index is -0.275. The average molecular weight is 300 g/mol. The molecule has 0 aliphatic carbocycles. The molecule has 0 radical (unpaired) electrons. The molecule has 0 aliphatic heterocycles. The molecule has 2 rings (SSSR count). The average Bonchev–Trinajstić information content (AvgIpc) is 2.55. The normalized spacial score (nSPS) is 10.2. The zero-order chi connectivity index (χ0) is 15.8. The van der Waals surface area contributed by atoms with Crippen molar-refractivity contribution in [1.29, 1.82) is 0 Å². The number of rotatable bonds is 7. The molecule has 114 valence electrons. The Morgan fingerprint density at radius 2 is 1.91 bits per heavy atom. The lowest BCUT2D eigenvalue weighted by atomic mass is 10.1. The summed E-state index contributed by atoms with van der Waals surface area (Å²) in [5.41, 5.74) is 1.07. The zero-order valence-corrected chi connectivity index (χ0v) is 12.1. The predicted octanol–water partition coefficient (Wildman–Crippen LogP) is 2.54. The number of amides is 1. The van der Waals surface area contributed by atoms with E-state index in [0.29, 0.717) is 24.1 Å². The van der Waals surface area contributed by atoms with Gasteiger partial charge in [-0.05, 0) is 30.2 Å². The van der Waals surface area contributed by atoms with Gasteiger partial charge in [-0.1, -0.05) is 18.2 Å². The van der Waals surface area contributed by atoms with E-state index < -0.39 is 0 Å². The molecule has 4 nitrogen and oxygen atoms in total. The first-order valence-electron chi connectivity index (χ1n) is 7.10. The highest BCUT2D eigenvalue weighted by Gasteiger charge is 2.09. The molecule has 0 fully saturated rings. The van der Waals surface area contributed by atoms with Crippen LogP contribution < -0.4 is 5.32 Å². The molecule has 0 saturated carbocycles. The summed E-state index contributed by atoms with van der Waals surface area (Å²) in [7, 11) is 0. The van der Waals surface area contributed by atoms with Gasteiger partial charge >= 0.3 is 0 Å². The van der Waals surface area contributed by atoms with Gasteiger partial charge in [-0.2, -0.15) is 0 Å². The lowest BCUT2D eigenvalue weighted by Gasteiger charge is -2.06. The van der Waals surface area contributed by atoms with Crippen LogP contribution in [-0.2, 0) is 11.2 Å². The van der Waals surface area contributed by atoms with Crippen LogP contribution in [0.5, 0.6) is 0 Å². The maximum Gasteiger partial charge on any atom is 0.220 e. The molecule has 1 heterocycles. The smallest absolute Gasteiger partial charge is 0.220 e. The van der Waals surface area contributed by atoms with Crippen LogP contribution >= 0.6 is 0 Å². The molecule has 0 bridgehead atoms. The van der Waals surface area contributed by atoms with E-state index in [9.17, 15) is 14.0 Å². The van der Waals surface area contributed by atoms with E-state index in [1.54, 1.807) is 36.5 Å². The highest BCUT2D eigenvalue weighted by atomic mass is 19.1. The van der Waals surface area contributed by atoms with Crippen molar-refractivity contribution in [2.24, 2.45) is 0 Å². The van der Waals surface area contributed by atoms with Crippen molar-refractivity contribution >= 4 is 11.7 Å². The summed E-state index contributed by atoms with van der Waals surface area (Å²) in [6.45, 7) is 0.348. The number of Topliss-reactive ketones (excluding diaryl/α,β-unsaturated/α-hetero) is 1. The van der Waals surface area contributed by atoms with Crippen molar-refractivity contribution in [3.8, 4) is 0 Å². The molecule has 0 saturated heterocycles. The standard InChI is InChI=1S/C17H17FN2O2/c18-15-6-2-1-4-13(15)9-11-20-17(22)8-7-16(21)14-5-3-10-19-12-14/h1-6,10,12H,7-9,11H2,(H,20,22). The number of pyridine rings is 1. The fourth-order valence-corrected chi connectivity index (χ4v) is 2.03. The van der Waals surface area contributed by atoms with Gasteiger partial charge in [0.2, 0.25) is 5.91 Å². The number of carbonyl (C=O) groups excluding carboxylic acids is 2. The van der Waals surface area contributed by atoms with Crippen molar-refractivity contribution in [3.63, 3.8) is 0 Å². The summed E-state index contributed by atoms with van der Waals surface area (Å²) < 4.78 is 13.4. The fraction of sp³-hybridized carbons (Fsp3) is 0.235. The van der Waals surface area contributed by atoms with Gasteiger partial charge in [-0.25, -0.2) is 4.39 Å². The number of benzene rings is 1. The van der Waals surface area contributed by atoms with Gasteiger partial charge < -0.3 is 5.32 Å². The second kappa shape index (κ2) is 8.02. The molecule has 5 heteroatoms. The monoisotopic (exact) mass is 300 g/mol. The van der Waals surface area contributed by atoms with Crippen molar-refractivity contribution in [2.45, 2.75) is 19.3 Å². The van der Waals surface area contributed by atoms with Crippen molar-refractivity contribution < 1.29 is 14.0 Å². The Kier molecular flexibility index (Phi) is 5.77. The highest BCUT2D eigenvalue weighted by Crippen LogP contribution is 2.06. The van der Waals surface area contributed by atoms with Gasteiger partial charge in [0.05, 0.1) is 0 Å². The molecule has 0 spiro atoms. The Bertz CT molecular complexity index is 644. The number of halogens is 1. The molecule has 0 aliphatic rings. The Labute approximate surface area is 128 Å². The molecular weight excluding hydrogens is 283 g/mol. The van der Waals surface area contributed by atoms with E-state index in [1.165, 1.54) is 12.3 Å². The van der Waals surface area contributed by atoms with Gasteiger partial charge in [0.1, 0.15) is 5.82 Å². The lowest BCUT2D eigenvalue weighted by Crippen LogP contribution is -2.26. The van der Waals surface area contributed by atoms with E-state index >= 15 is 0 Å². The third-order valence-corrected chi connectivity index (χ3v) is 3.24. The Balaban J connectivity index is 1.70. The van der Waals surface area contributed by atoms with Crippen LogP contribution in [-0.4, -0.2) is 23.2 Å². The molecule has 1 amide bonds. The Hall–Kier alpha value is -2.56. The second-order valence-corrected chi connectivity index (χ2v) is 4.86. The Morgan fingerprint density at radius 3 is 2.64 bits per heavy atom. The molecule has 0 unspecified atom stereocenters. The number of ketones is 1. The number of nitrogens with zero attached hydrogens (tertiary/aromatic N) is 1. The van der Waals surface area contributed by atoms with E-state index in [4.69, 9.17) is 0 Å². The van der Waals surface area contributed by atoms with Crippen LogP contribution in [0.1, 0.15) is 28.8 Å². The van der Waals surface area contributed by atoms with Gasteiger partial charge in [-0.3, -0.25) is 14.6 Å². The second-order valence-electron chi connectivity index (χ2n) is 4.86. The topological polar surface area (TPSA) is 59.1 Å². The van der Waals surface area contributed by atoms with Crippen molar-refractivity contribution in [2.75, 3.05) is 6.54 Å². The van der Waals surface area contributed by atoms with E-state index in [2.05, 4.69) is 10.3 Å². The van der Waals surface area contributed by atoms with E-state index in [0.717, 1.165) is 0 Å². The first-order valence-corrected chi connectivity index (χ1v) is 7.10. The summed E-state index contributed by atoms with van der Waals surface area (Å²) in [5, 5.41) is 2.69. The van der Waals surface area contributed by atoms with Gasteiger partial charge in [-0.15, -0.1) is 0 Å². The molecule has 2 aromatic rings. The van der Waals surface area contributed by atoms with Crippen LogP contribution in [0, 0.1) is 5.82 Å². The highest BCUT2D eigenvalue weighted by molar-refractivity contribution is 5.97. The quantitative estimate of drug-likeness (QED) is 0.799. The third-order valence-electron chi connectivity index (χ3n) is 3.24. The van der Waals surface area contributed by atoms with Gasteiger partial charge in [0.15, 0.2) is 5.78 Å². The molecular formula is C17H17FN2O2. The van der Waals surface area contributed by atoms with E-state index in [1.807, 2.05) is 0 Å². The summed E-state index contributed by atoms with van der Waals surface area (Å²) >= 11 is 0. The molecule has 1 N–H and O–H groups in total. The number of hydrogen-bond donors (Lipinski definition) is 1. The minimum Gasteiger partial charge on any atom is -0.356 e. The molecule has 1 aromatic carbocycles. The maximum absolute atomic E-state index is 13.4. The third kappa shape index (κ3) is 4.77. The summed E-state index contributed by atoms with van der Waals surface area (Å²) in [6, 6.07) is 9.82. The largest absolute Gasteiger partial charge is 0.356 e. The SMILES string of the molecule is O=C(CCC(=O)c1cccnc1)NCCc1ccccc1F. The summed E-state index contributed by atoms with van der Waals surface area (Å²) in [6.07, 6.45) is 3.75. The van der Waals surface area contributed by atoms with Crippen LogP contribution in [0.4, 0.5) is 4.39 Å². The molecule has 1 aromatic heterocycles. The Morgan fingerprint density at radius 1 is 1.09 bits per heavy atom. The molecule has 22 heavy (non-hydrogen) atoms. The van der Waals surface area contributed by atoms with Crippen LogP contribution in [0.15, 0.2) is 48.8 Å². The van der Waals surface area contributed by atoms with Crippen molar-refractivity contribution in [1.82, 2.24) is 10.3 Å². The number of aromatic nitrogens is 1. The van der Waals surface area contributed by atoms with E-state index in [-0.39, 0.29) is 30.3 Å². The predicted molar refractivity (Wildman–Crippen MR) is 80.9 cm³/mol. The lowest BCUT2D eigenvalue weighted by molar-refractivity contribution is -0.121. The number of hydrogen-bond acceptors (Lipinski definition) is 3. The number of nitrogens with one attached hydrogen (secondary N) is 1. The first kappa shape index (κ1) is 15.8. The maximum atomic E-state index is 13.4. The fourth-order valence-electron chi connectivity index (χ4n) is 2.03. The van der Waals surface area contributed by atoms with Gasteiger partial charge in [0, 0.05) is 37.3 Å². The van der Waals surface area contributed by atoms with Crippen LogP contribution in [0.25, 0.3) is 0 Å². The zero-order valence-electron chi connectivity index (χ0n) is 12.1. The summed E-state index contributed by atoms with van der Waals surface area (Å²) in [5.74, 6) is -0.602. The summed E-state index contributed by atoms with van der Waals surface area (Å²) in [4.78, 5) is 27.4. The number of carbonyl (C=O) groups is 2. The van der Waals surface area contributed by atoms with Crippen LogP contribution in [0.2, 0.25) is 0 Å². The van der Waals surface area contributed by atoms with Crippen LogP contribution in [0.3, 0.4) is 0 Å². The van der Waals surface area contributed by atoms with Crippen molar-refractivity contribution in [3.05, 3.63) is 65.7 Å².